The number of para-hydroxylation sites is 1. The molecule has 3 aromatic heterocycles. The van der Waals surface area contributed by atoms with E-state index in [0.29, 0.717) is 68.4 Å². The number of fused-ring (bicyclic) bond motifs is 5. The zero-order valence-electron chi connectivity index (χ0n) is 46.8. The van der Waals surface area contributed by atoms with Gasteiger partial charge >= 0.3 is 0 Å². The molecule has 5 fully saturated rings. The van der Waals surface area contributed by atoms with E-state index >= 15 is 0 Å². The first-order chi connectivity index (χ1) is 40.3. The summed E-state index contributed by atoms with van der Waals surface area (Å²) < 4.78 is 67.7. The average Bonchev–Trinajstić information content (AvgIpc) is 3.80. The van der Waals surface area contributed by atoms with Gasteiger partial charge in [-0.2, -0.15) is 4.98 Å². The highest BCUT2D eigenvalue weighted by molar-refractivity contribution is 7.90. The number of hydrogen-bond acceptors (Lipinski definition) is 18. The van der Waals surface area contributed by atoms with Crippen molar-refractivity contribution in [2.45, 2.75) is 113 Å². The topological polar surface area (TPSA) is 228 Å². The number of rotatable bonds is 12. The van der Waals surface area contributed by atoms with Crippen LogP contribution in [0.2, 0.25) is 0 Å². The van der Waals surface area contributed by atoms with E-state index in [9.17, 15) is 23.3 Å². The van der Waals surface area contributed by atoms with Crippen molar-refractivity contribution in [3.05, 3.63) is 118 Å². The van der Waals surface area contributed by atoms with E-state index in [2.05, 4.69) is 78.8 Å². The van der Waals surface area contributed by atoms with Crippen LogP contribution in [-0.2, 0) is 37.3 Å². The maximum atomic E-state index is 15.0. The monoisotopic (exact) mass is 1150 g/mol. The number of hydrogen-bond donors (Lipinski definition) is 3. The molecule has 4 saturated heterocycles. The van der Waals surface area contributed by atoms with Gasteiger partial charge in [0, 0.05) is 111 Å². The summed E-state index contributed by atoms with van der Waals surface area (Å²) in [4.78, 5) is 49.1. The van der Waals surface area contributed by atoms with E-state index in [1.165, 1.54) is 17.2 Å². The molecule has 0 bridgehead atoms. The SMILES string of the molecule is CC(C)Oc1ccccc1[C@@H]1CN(c2cnc3c(c2)COCC3)CCN1C1CC2(CCN(c3ccc(C(=O)NS(=O)(=O)c4cc5c(c([N+](=O)[O-])c4)N[C@H](C4CCOCC4)CO5)c(N4c5cc6cc[nH]c6nc5O[C@H]5COCC[C@@H]54)c3)CC2)C1. The predicted molar refractivity (Wildman–Crippen MR) is 311 cm³/mol. The molecule has 14 rings (SSSR count). The summed E-state index contributed by atoms with van der Waals surface area (Å²) in [6.07, 6.45) is 10.5. The molecular weight excluding hydrogens is 1080 g/mol. The Hall–Kier alpha value is -7.24. The fraction of sp³-hybridized carbons (Fsp3) is 0.492. The number of anilines is 5. The van der Waals surface area contributed by atoms with Crippen LogP contribution >= 0.6 is 0 Å². The predicted octanol–water partition coefficient (Wildman–Crippen LogP) is 8.44. The largest absolute Gasteiger partial charge is 0.491 e. The number of piperidine rings is 1. The first-order valence-electron chi connectivity index (χ1n) is 29.4. The lowest BCUT2D eigenvalue weighted by atomic mass is 9.59. The first kappa shape index (κ1) is 53.7. The van der Waals surface area contributed by atoms with Crippen molar-refractivity contribution in [3.63, 3.8) is 0 Å². The third-order valence-electron chi connectivity index (χ3n) is 18.7. The molecule has 7 aliphatic heterocycles. The quantitative estimate of drug-likeness (QED) is 0.0771. The van der Waals surface area contributed by atoms with Crippen molar-refractivity contribution >= 4 is 61.1 Å². The smallest absolute Gasteiger partial charge is 0.297 e. The Morgan fingerprint density at radius 2 is 1.72 bits per heavy atom. The lowest BCUT2D eigenvalue weighted by molar-refractivity contribution is -0.384. The van der Waals surface area contributed by atoms with E-state index in [4.69, 9.17) is 38.4 Å². The number of nitro groups is 1. The Labute approximate surface area is 482 Å². The van der Waals surface area contributed by atoms with Gasteiger partial charge in [-0.15, -0.1) is 0 Å². The van der Waals surface area contributed by atoms with Crippen LogP contribution in [0.4, 0.5) is 34.1 Å². The molecule has 436 valence electrons. The number of nitrogens with zero attached hydrogens (tertiary/aromatic N) is 7. The van der Waals surface area contributed by atoms with E-state index in [0.717, 1.165) is 112 Å². The van der Waals surface area contributed by atoms with E-state index in [1.54, 1.807) is 6.07 Å². The number of pyridine rings is 2. The first-order valence-corrected chi connectivity index (χ1v) is 30.9. The number of H-pyrrole nitrogens is 1. The molecule has 21 nitrogen and oxygen atoms in total. The summed E-state index contributed by atoms with van der Waals surface area (Å²) in [5.74, 6) is 0.570. The fourth-order valence-electron chi connectivity index (χ4n) is 14.3. The maximum Gasteiger partial charge on any atom is 0.297 e. The van der Waals surface area contributed by atoms with Crippen LogP contribution in [0.1, 0.15) is 92.0 Å². The van der Waals surface area contributed by atoms with Gasteiger partial charge in [0.05, 0.1) is 77.0 Å². The molecule has 0 unspecified atom stereocenters. The van der Waals surface area contributed by atoms with Crippen molar-refractivity contribution in [1.29, 1.82) is 0 Å². The zero-order valence-corrected chi connectivity index (χ0v) is 47.6. The third kappa shape index (κ3) is 10.2. The second kappa shape index (κ2) is 21.7. The highest BCUT2D eigenvalue weighted by atomic mass is 32.2. The molecule has 3 aromatic carbocycles. The summed E-state index contributed by atoms with van der Waals surface area (Å²) in [5.41, 5.74) is 7.19. The normalized spacial score (nSPS) is 23.7. The van der Waals surface area contributed by atoms with Gasteiger partial charge in [-0.3, -0.25) is 24.8 Å². The average molecular weight is 1150 g/mol. The van der Waals surface area contributed by atoms with E-state index in [-0.39, 0.29) is 65.8 Å². The highest BCUT2D eigenvalue weighted by Gasteiger charge is 2.51. The number of piperazine rings is 1. The number of sulfonamides is 1. The lowest BCUT2D eigenvalue weighted by Crippen LogP contribution is -2.60. The number of aromatic nitrogens is 3. The Balaban J connectivity index is 0.739. The van der Waals surface area contributed by atoms with Gasteiger partial charge in [-0.1, -0.05) is 18.2 Å². The Morgan fingerprint density at radius 3 is 2.55 bits per heavy atom. The molecule has 4 atom stereocenters. The summed E-state index contributed by atoms with van der Waals surface area (Å²) in [6.45, 7) is 11.7. The molecule has 22 heteroatoms. The van der Waals surface area contributed by atoms with Crippen molar-refractivity contribution in [2.24, 2.45) is 11.3 Å². The summed E-state index contributed by atoms with van der Waals surface area (Å²) in [6, 6.07) is 22.5. The molecule has 1 aliphatic carbocycles. The van der Waals surface area contributed by atoms with Gasteiger partial charge in [-0.25, -0.2) is 13.1 Å². The Morgan fingerprint density at radius 1 is 0.892 bits per heavy atom. The van der Waals surface area contributed by atoms with Crippen LogP contribution in [0.15, 0.2) is 90.1 Å². The maximum absolute atomic E-state index is 15.0. The lowest BCUT2D eigenvalue weighted by Gasteiger charge is -2.58. The Bertz CT molecular complexity index is 3580. The number of benzene rings is 3. The molecule has 1 amide bonds. The van der Waals surface area contributed by atoms with Crippen LogP contribution in [0.3, 0.4) is 0 Å². The van der Waals surface area contributed by atoms with Gasteiger partial charge in [0.15, 0.2) is 11.4 Å². The summed E-state index contributed by atoms with van der Waals surface area (Å²) in [5, 5.41) is 16.7. The van der Waals surface area contributed by atoms with Gasteiger partial charge in [0.2, 0.25) is 5.88 Å². The second-order valence-corrected chi connectivity index (χ2v) is 25.6. The molecule has 0 radical (unpaired) electrons. The van der Waals surface area contributed by atoms with Crippen LogP contribution < -0.4 is 38.9 Å². The van der Waals surface area contributed by atoms with Gasteiger partial charge in [-0.05, 0) is 113 Å². The van der Waals surface area contributed by atoms with Crippen molar-refractivity contribution in [2.75, 3.05) is 92.4 Å². The number of nitrogens with one attached hydrogen (secondary N) is 3. The fourth-order valence-corrected chi connectivity index (χ4v) is 15.3. The van der Waals surface area contributed by atoms with E-state index in [1.807, 2.05) is 36.7 Å². The highest BCUT2D eigenvalue weighted by Crippen LogP contribution is 2.54. The molecular formula is C61H70N10O11S. The zero-order chi connectivity index (χ0) is 56.6. The number of carbonyl (C=O) groups excluding carboxylic acids is 1. The number of aromatic amines is 1. The molecule has 10 heterocycles. The number of amides is 1. The number of ether oxygens (including phenoxy) is 6. The third-order valence-corrected chi connectivity index (χ3v) is 20.0. The van der Waals surface area contributed by atoms with Crippen molar-refractivity contribution in [1.82, 2.24) is 24.6 Å². The van der Waals surface area contributed by atoms with Crippen LogP contribution in [0, 0.1) is 21.4 Å². The summed E-state index contributed by atoms with van der Waals surface area (Å²) >= 11 is 0. The molecule has 6 aromatic rings. The number of carbonyl (C=O) groups is 1. The number of nitro benzene ring substituents is 1. The van der Waals surface area contributed by atoms with Crippen LogP contribution in [0.25, 0.3) is 11.0 Å². The molecule has 1 saturated carbocycles. The standard InChI is InChI=1S/C61H70N10O11S/c1-37(2)81-54-6-4-3-5-45(54)53-33-68(42-25-40-34-78-23-12-47(40)63-32-42)19-20-69(53)43-30-61(31-43)14-17-67(18-15-61)41-7-8-46(50(27-41)70-49-13-24-79-36-56(49)82-60-52(70)26-39-9-16-62-58(39)65-60)59(72)66-83(75,76)44-28-51(71(73)74)57-55(29-44)80-35-48(64-57)38-10-21-77-22-11-38/h3-9,16,25-29,32,37-38,43,48-49,53,56,64H,10-15,17-24,30-31,33-36H2,1-2H3,(H,62,65)(H,66,72)/t48-,49-,53-,56-/m0/s1. The molecule has 1 spiro atoms. The summed E-state index contributed by atoms with van der Waals surface area (Å²) in [7, 11) is -4.72. The minimum absolute atomic E-state index is 0.0240. The van der Waals surface area contributed by atoms with Gasteiger partial charge in [0.1, 0.15) is 29.8 Å². The van der Waals surface area contributed by atoms with Gasteiger partial charge < -0.3 is 53.4 Å². The minimum atomic E-state index is -4.72. The Kier molecular flexibility index (Phi) is 14.1. The minimum Gasteiger partial charge on any atom is -0.491 e. The van der Waals surface area contributed by atoms with Gasteiger partial charge in [0.25, 0.3) is 21.6 Å². The van der Waals surface area contributed by atoms with Crippen molar-refractivity contribution < 1.29 is 46.6 Å². The molecule has 8 aliphatic rings. The van der Waals surface area contributed by atoms with Crippen LogP contribution in [-0.4, -0.2) is 142 Å². The molecule has 3 N–H and O–H groups in total. The molecule has 83 heavy (non-hydrogen) atoms. The van der Waals surface area contributed by atoms with Crippen molar-refractivity contribution in [3.8, 4) is 17.4 Å². The van der Waals surface area contributed by atoms with Crippen LogP contribution in [0.5, 0.6) is 17.4 Å². The second-order valence-electron chi connectivity index (χ2n) is 24.0. The van der Waals surface area contributed by atoms with E-state index < -0.39 is 37.5 Å².